The lowest BCUT2D eigenvalue weighted by Crippen LogP contribution is -2.03. The number of nitrogen functional groups attached to an aromatic ring is 1. The molecule has 2 N–H and O–H groups in total. The zero-order valence-electron chi connectivity index (χ0n) is 9.65. The van der Waals surface area contributed by atoms with Crippen molar-refractivity contribution in [2.45, 2.75) is 19.8 Å². The highest BCUT2D eigenvalue weighted by Gasteiger charge is 2.04. The Kier molecular flexibility index (Phi) is 3.74. The van der Waals surface area contributed by atoms with E-state index in [1.54, 1.807) is 6.20 Å². The zero-order valence-corrected chi connectivity index (χ0v) is 11.2. The standard InChI is InChI=1S/C13H14BrN3/c1-2-12-11(15)8-16-13(17-12)7-9-4-3-5-10(14)6-9/h3-6,8H,2,7,15H2,1H3. The third-order valence-electron chi connectivity index (χ3n) is 2.54. The molecule has 0 aliphatic carbocycles. The van der Waals surface area contributed by atoms with Gasteiger partial charge in [0.15, 0.2) is 0 Å². The maximum Gasteiger partial charge on any atom is 0.133 e. The normalized spacial score (nSPS) is 10.5. The Morgan fingerprint density at radius 1 is 1.35 bits per heavy atom. The molecule has 0 bridgehead atoms. The molecule has 0 saturated carbocycles. The van der Waals surface area contributed by atoms with E-state index in [4.69, 9.17) is 5.73 Å². The van der Waals surface area contributed by atoms with Gasteiger partial charge in [0.25, 0.3) is 0 Å². The summed E-state index contributed by atoms with van der Waals surface area (Å²) in [7, 11) is 0. The molecule has 1 aromatic carbocycles. The Balaban J connectivity index is 2.24. The number of nitrogens with two attached hydrogens (primary N) is 1. The molecule has 0 radical (unpaired) electrons. The van der Waals surface area contributed by atoms with Crippen molar-refractivity contribution in [2.24, 2.45) is 0 Å². The van der Waals surface area contributed by atoms with Crippen LogP contribution in [-0.4, -0.2) is 9.97 Å². The fraction of sp³-hybridized carbons (Fsp3) is 0.231. The number of aromatic nitrogens is 2. The van der Waals surface area contributed by atoms with Crippen LogP contribution in [-0.2, 0) is 12.8 Å². The molecule has 0 aliphatic rings. The maximum atomic E-state index is 5.78. The van der Waals surface area contributed by atoms with Gasteiger partial charge in [-0.1, -0.05) is 35.0 Å². The number of benzene rings is 1. The van der Waals surface area contributed by atoms with E-state index in [1.165, 1.54) is 5.56 Å². The quantitative estimate of drug-likeness (QED) is 0.946. The molecule has 88 valence electrons. The van der Waals surface area contributed by atoms with Crippen molar-refractivity contribution < 1.29 is 0 Å². The predicted octanol–water partition coefficient (Wildman–Crippen LogP) is 2.97. The SMILES string of the molecule is CCc1nc(Cc2cccc(Br)c2)ncc1N. The first-order valence-corrected chi connectivity index (χ1v) is 6.33. The monoisotopic (exact) mass is 291 g/mol. The molecule has 0 fully saturated rings. The van der Waals surface area contributed by atoms with Gasteiger partial charge in [0.05, 0.1) is 17.6 Å². The van der Waals surface area contributed by atoms with E-state index >= 15 is 0 Å². The summed E-state index contributed by atoms with van der Waals surface area (Å²) in [5.74, 6) is 0.814. The minimum Gasteiger partial charge on any atom is -0.396 e. The van der Waals surface area contributed by atoms with Crippen LogP contribution in [0.4, 0.5) is 5.69 Å². The molecule has 0 saturated heterocycles. The molecule has 0 aliphatic heterocycles. The fourth-order valence-corrected chi connectivity index (χ4v) is 2.11. The molecular formula is C13H14BrN3. The molecule has 0 unspecified atom stereocenters. The summed E-state index contributed by atoms with van der Waals surface area (Å²) in [6.45, 7) is 2.04. The van der Waals surface area contributed by atoms with Gasteiger partial charge in [0, 0.05) is 10.9 Å². The maximum absolute atomic E-state index is 5.78. The molecule has 1 aromatic heterocycles. The summed E-state index contributed by atoms with van der Waals surface area (Å²) in [5.41, 5.74) is 8.56. The molecule has 3 nitrogen and oxygen atoms in total. The Morgan fingerprint density at radius 3 is 2.88 bits per heavy atom. The third-order valence-corrected chi connectivity index (χ3v) is 3.03. The Hall–Kier alpha value is -1.42. The van der Waals surface area contributed by atoms with Gasteiger partial charge in [0.2, 0.25) is 0 Å². The van der Waals surface area contributed by atoms with Crippen LogP contribution in [0.2, 0.25) is 0 Å². The average molecular weight is 292 g/mol. The topological polar surface area (TPSA) is 51.8 Å². The number of aryl methyl sites for hydroxylation is 1. The van der Waals surface area contributed by atoms with Crippen molar-refractivity contribution in [3.05, 3.63) is 52.0 Å². The van der Waals surface area contributed by atoms with E-state index in [-0.39, 0.29) is 0 Å². The van der Waals surface area contributed by atoms with Crippen LogP contribution < -0.4 is 5.73 Å². The largest absolute Gasteiger partial charge is 0.396 e. The lowest BCUT2D eigenvalue weighted by Gasteiger charge is -2.05. The van der Waals surface area contributed by atoms with Crippen LogP contribution in [0.3, 0.4) is 0 Å². The van der Waals surface area contributed by atoms with Gasteiger partial charge < -0.3 is 5.73 Å². The summed E-state index contributed by atoms with van der Waals surface area (Å²) < 4.78 is 1.07. The number of hydrogen-bond acceptors (Lipinski definition) is 3. The van der Waals surface area contributed by atoms with Crippen molar-refractivity contribution in [1.82, 2.24) is 9.97 Å². The second-order valence-electron chi connectivity index (χ2n) is 3.85. The molecule has 1 heterocycles. The van der Waals surface area contributed by atoms with E-state index < -0.39 is 0 Å². The highest BCUT2D eigenvalue weighted by atomic mass is 79.9. The summed E-state index contributed by atoms with van der Waals surface area (Å²) in [4.78, 5) is 8.72. The second-order valence-corrected chi connectivity index (χ2v) is 4.76. The predicted molar refractivity (Wildman–Crippen MR) is 72.8 cm³/mol. The van der Waals surface area contributed by atoms with E-state index in [0.717, 1.165) is 28.8 Å². The highest BCUT2D eigenvalue weighted by Crippen LogP contribution is 2.15. The van der Waals surface area contributed by atoms with Gasteiger partial charge in [-0.15, -0.1) is 0 Å². The van der Waals surface area contributed by atoms with Gasteiger partial charge in [-0.05, 0) is 24.1 Å². The second kappa shape index (κ2) is 5.27. The molecule has 0 spiro atoms. The van der Waals surface area contributed by atoms with Gasteiger partial charge in [-0.2, -0.15) is 0 Å². The van der Waals surface area contributed by atoms with Crippen molar-refractivity contribution in [2.75, 3.05) is 5.73 Å². The number of anilines is 1. The van der Waals surface area contributed by atoms with Crippen molar-refractivity contribution in [1.29, 1.82) is 0 Å². The van der Waals surface area contributed by atoms with E-state index in [0.29, 0.717) is 5.69 Å². The molecule has 2 rings (SSSR count). The minimum absolute atomic E-state index is 0.672. The molecular weight excluding hydrogens is 278 g/mol. The molecule has 17 heavy (non-hydrogen) atoms. The first kappa shape index (κ1) is 12.0. The van der Waals surface area contributed by atoms with Crippen LogP contribution in [0.15, 0.2) is 34.9 Å². The number of hydrogen-bond donors (Lipinski definition) is 1. The van der Waals surface area contributed by atoms with Gasteiger partial charge in [0.1, 0.15) is 5.82 Å². The van der Waals surface area contributed by atoms with Crippen LogP contribution in [0.25, 0.3) is 0 Å². The zero-order chi connectivity index (χ0) is 12.3. The Morgan fingerprint density at radius 2 is 2.18 bits per heavy atom. The van der Waals surface area contributed by atoms with Gasteiger partial charge >= 0.3 is 0 Å². The Bertz CT molecular complexity index is 526. The van der Waals surface area contributed by atoms with E-state index in [1.807, 2.05) is 19.1 Å². The fourth-order valence-electron chi connectivity index (χ4n) is 1.67. The molecule has 0 atom stereocenters. The van der Waals surface area contributed by atoms with Gasteiger partial charge in [-0.25, -0.2) is 9.97 Å². The number of rotatable bonds is 3. The average Bonchev–Trinajstić information content (AvgIpc) is 2.32. The van der Waals surface area contributed by atoms with Crippen molar-refractivity contribution in [3.63, 3.8) is 0 Å². The van der Waals surface area contributed by atoms with Gasteiger partial charge in [-0.3, -0.25) is 0 Å². The highest BCUT2D eigenvalue weighted by molar-refractivity contribution is 9.10. The van der Waals surface area contributed by atoms with Crippen LogP contribution in [0, 0.1) is 0 Å². The molecule has 4 heteroatoms. The number of nitrogens with zero attached hydrogens (tertiary/aromatic N) is 2. The lowest BCUT2D eigenvalue weighted by molar-refractivity contribution is 0.910. The van der Waals surface area contributed by atoms with Crippen LogP contribution in [0.1, 0.15) is 24.0 Å². The molecule has 2 aromatic rings. The third kappa shape index (κ3) is 3.03. The first-order valence-electron chi connectivity index (χ1n) is 5.53. The number of halogens is 1. The Labute approximate surface area is 109 Å². The smallest absolute Gasteiger partial charge is 0.133 e. The molecule has 0 amide bonds. The van der Waals surface area contributed by atoms with Crippen molar-refractivity contribution >= 4 is 21.6 Å². The van der Waals surface area contributed by atoms with E-state index in [2.05, 4.69) is 38.0 Å². The summed E-state index contributed by atoms with van der Waals surface area (Å²) in [6.07, 6.45) is 3.26. The van der Waals surface area contributed by atoms with Crippen molar-refractivity contribution in [3.8, 4) is 0 Å². The summed E-state index contributed by atoms with van der Waals surface area (Å²) >= 11 is 3.45. The van der Waals surface area contributed by atoms with E-state index in [9.17, 15) is 0 Å². The minimum atomic E-state index is 0.672. The van der Waals surface area contributed by atoms with Crippen LogP contribution in [0.5, 0.6) is 0 Å². The lowest BCUT2D eigenvalue weighted by atomic mass is 10.1. The van der Waals surface area contributed by atoms with Crippen LogP contribution >= 0.6 is 15.9 Å². The summed E-state index contributed by atoms with van der Waals surface area (Å²) in [6, 6.07) is 8.16. The first-order chi connectivity index (χ1) is 8.19. The summed E-state index contributed by atoms with van der Waals surface area (Å²) in [5, 5.41) is 0.